The zero-order valence-corrected chi connectivity index (χ0v) is 42.1. The molecular formula is C50H36F16O12S2. The highest BCUT2D eigenvalue weighted by molar-refractivity contribution is 7.87. The largest absolute Gasteiger partial charge is 0.493 e. The fourth-order valence-corrected chi connectivity index (χ4v) is 9.94. The molecule has 2 aliphatic heterocycles. The second kappa shape index (κ2) is 23.9. The Balaban J connectivity index is 0.000000231. The molecule has 0 spiro atoms. The number of benzene rings is 6. The first-order chi connectivity index (χ1) is 37.5. The van der Waals surface area contributed by atoms with Crippen molar-refractivity contribution in [3.63, 3.8) is 0 Å². The second-order valence-corrected chi connectivity index (χ2v) is 19.9. The van der Waals surface area contributed by atoms with E-state index in [1.54, 1.807) is 0 Å². The van der Waals surface area contributed by atoms with Gasteiger partial charge in [-0.25, -0.2) is 26.3 Å². The van der Waals surface area contributed by atoms with Crippen molar-refractivity contribution in [3.05, 3.63) is 164 Å². The molecule has 8 rings (SSSR count). The third-order valence-corrected chi connectivity index (χ3v) is 14.3. The van der Waals surface area contributed by atoms with Gasteiger partial charge in [-0.2, -0.15) is 60.7 Å². The first-order valence-electron chi connectivity index (χ1n) is 22.6. The predicted octanol–water partition coefficient (Wildman–Crippen LogP) is 12.2. The van der Waals surface area contributed by atoms with E-state index in [9.17, 15) is 87.1 Å². The zero-order valence-electron chi connectivity index (χ0n) is 40.5. The Bertz CT molecular complexity index is 3250. The summed E-state index contributed by atoms with van der Waals surface area (Å²) >= 11 is 0. The molecule has 0 amide bonds. The van der Waals surface area contributed by atoms with Crippen LogP contribution in [0.4, 0.5) is 70.2 Å². The van der Waals surface area contributed by atoms with Crippen molar-refractivity contribution in [3.8, 4) is 34.5 Å². The number of fused-ring (bicyclic) bond motifs is 2. The smallest absolute Gasteiger partial charge is 0.416 e. The van der Waals surface area contributed by atoms with Gasteiger partial charge in [0.2, 0.25) is 69.7 Å². The van der Waals surface area contributed by atoms with E-state index in [-0.39, 0.29) is 75.5 Å². The van der Waals surface area contributed by atoms with E-state index in [4.69, 9.17) is 28.4 Å². The van der Waals surface area contributed by atoms with Crippen molar-refractivity contribution in [1.29, 1.82) is 0 Å². The van der Waals surface area contributed by atoms with E-state index in [1.165, 1.54) is 38.5 Å². The number of methoxy groups -OCH3 is 2. The molecule has 80 heavy (non-hydrogen) atoms. The van der Waals surface area contributed by atoms with Crippen LogP contribution in [0.25, 0.3) is 0 Å². The van der Waals surface area contributed by atoms with Gasteiger partial charge in [-0.05, 0) is 49.2 Å². The maximum atomic E-state index is 14.0. The van der Waals surface area contributed by atoms with Crippen LogP contribution in [0.1, 0.15) is 58.1 Å². The quantitative estimate of drug-likeness (QED) is 0.0299. The van der Waals surface area contributed by atoms with Crippen molar-refractivity contribution in [2.45, 2.75) is 46.8 Å². The van der Waals surface area contributed by atoms with E-state index in [2.05, 4.69) is 8.37 Å². The van der Waals surface area contributed by atoms with Gasteiger partial charge in [0.05, 0.1) is 37.6 Å². The number of hydrogen-bond donors (Lipinski definition) is 0. The summed E-state index contributed by atoms with van der Waals surface area (Å²) in [5.74, 6) is -30.2. The van der Waals surface area contributed by atoms with E-state index < -0.39 is 135 Å². The number of hydrogen-bond acceptors (Lipinski definition) is 12. The van der Waals surface area contributed by atoms with Gasteiger partial charge in [0.15, 0.2) is 0 Å². The van der Waals surface area contributed by atoms with Gasteiger partial charge in [0.25, 0.3) is 0 Å². The fraction of sp³-hybridized carbons (Fsp3) is 0.280. The minimum Gasteiger partial charge on any atom is -0.493 e. The lowest BCUT2D eigenvalue weighted by Gasteiger charge is -2.28. The molecule has 0 aromatic heterocycles. The molecule has 0 aliphatic carbocycles. The lowest BCUT2D eigenvalue weighted by atomic mass is 9.85. The predicted molar refractivity (Wildman–Crippen MR) is 243 cm³/mol. The summed E-state index contributed by atoms with van der Waals surface area (Å²) in [5.41, 5.74) is -0.579. The average Bonchev–Trinajstić information content (AvgIpc) is 3.42. The lowest BCUT2D eigenvalue weighted by molar-refractivity contribution is -0.138. The molecule has 2 atom stereocenters. The summed E-state index contributed by atoms with van der Waals surface area (Å²) in [6.07, 6.45) is -8.79. The number of rotatable bonds is 16. The molecule has 0 unspecified atom stereocenters. The van der Waals surface area contributed by atoms with Gasteiger partial charge in [-0.15, -0.1) is 0 Å². The summed E-state index contributed by atoms with van der Waals surface area (Å²) in [6, 6.07) is 12.0. The molecule has 0 saturated heterocycles. The number of alkyl halides is 6. The fourth-order valence-electron chi connectivity index (χ4n) is 8.05. The van der Waals surface area contributed by atoms with E-state index in [0.717, 1.165) is 48.5 Å². The SMILES string of the molecule is COCCOc1cc(C(F)(F)F)ccc1[C@@H]1CCOc2cc(S(=O)(=O)Oc3c(F)c(F)c(F)c(F)c3F)ccc21.COCCOc1cc(C(F)(F)F)ccc1[C@H]1CCOc2cc(S(=O)(=O)Oc3c(F)c(F)c(F)c(F)c3F)ccc21. The van der Waals surface area contributed by atoms with Gasteiger partial charge in [0, 0.05) is 60.4 Å². The van der Waals surface area contributed by atoms with Gasteiger partial charge in [0.1, 0.15) is 46.0 Å². The first kappa shape index (κ1) is 60.5. The highest BCUT2D eigenvalue weighted by Gasteiger charge is 2.38. The summed E-state index contributed by atoms with van der Waals surface area (Å²) in [4.78, 5) is -1.50. The summed E-state index contributed by atoms with van der Waals surface area (Å²) in [7, 11) is -7.53. The summed E-state index contributed by atoms with van der Waals surface area (Å²) in [5, 5.41) is 0. The standard InChI is InChI=1S/2C25H18F8O6S/c2*1-36-8-9-38-17-10-12(25(31,32)33)2-4-15(17)14-6-7-37-18-11-13(3-5-16(14)18)40(34,35)39-24-22(29)20(27)19(26)21(28)23(24)30/h2*2-5,10-11,14H,6-9H2,1H3/t2*14-/m10/s1. The van der Waals surface area contributed by atoms with Gasteiger partial charge < -0.3 is 36.8 Å². The van der Waals surface area contributed by atoms with Gasteiger partial charge >= 0.3 is 32.6 Å². The monoisotopic (exact) mass is 1200 g/mol. The highest BCUT2D eigenvalue weighted by Crippen LogP contribution is 2.47. The van der Waals surface area contributed by atoms with Crippen LogP contribution < -0.4 is 27.3 Å². The van der Waals surface area contributed by atoms with Crippen LogP contribution in [0.5, 0.6) is 34.5 Å². The van der Waals surface area contributed by atoms with Crippen LogP contribution in [0.3, 0.4) is 0 Å². The number of halogens is 16. The minimum absolute atomic E-state index is 0.0157. The van der Waals surface area contributed by atoms with E-state index in [0.29, 0.717) is 22.3 Å². The maximum absolute atomic E-state index is 14.0. The molecule has 0 saturated carbocycles. The Morgan fingerprint density at radius 2 is 0.750 bits per heavy atom. The van der Waals surface area contributed by atoms with E-state index >= 15 is 0 Å². The molecule has 6 aromatic carbocycles. The molecule has 30 heteroatoms. The highest BCUT2D eigenvalue weighted by atomic mass is 32.2. The minimum atomic E-state index is -5.14. The Morgan fingerprint density at radius 1 is 0.438 bits per heavy atom. The molecule has 0 fully saturated rings. The molecule has 2 heterocycles. The summed E-state index contributed by atoms with van der Waals surface area (Å²) in [6.45, 7) is 0.0191. The zero-order chi connectivity index (χ0) is 58.8. The van der Waals surface area contributed by atoms with Crippen LogP contribution >= 0.6 is 0 Å². The van der Waals surface area contributed by atoms with Gasteiger partial charge in [-0.3, -0.25) is 0 Å². The van der Waals surface area contributed by atoms with Crippen molar-refractivity contribution >= 4 is 20.2 Å². The first-order valence-corrected chi connectivity index (χ1v) is 25.4. The molecule has 0 bridgehead atoms. The van der Waals surface area contributed by atoms with Crippen LogP contribution in [0.15, 0.2) is 82.6 Å². The molecule has 0 radical (unpaired) electrons. The molecule has 432 valence electrons. The topological polar surface area (TPSA) is 142 Å². The normalized spacial score (nSPS) is 15.4. The second-order valence-electron chi connectivity index (χ2n) is 16.8. The van der Waals surface area contributed by atoms with Crippen molar-refractivity contribution in [1.82, 2.24) is 0 Å². The Labute approximate surface area is 442 Å². The maximum Gasteiger partial charge on any atom is 0.416 e. The van der Waals surface area contributed by atoms with Crippen LogP contribution in [-0.4, -0.2) is 70.7 Å². The summed E-state index contributed by atoms with van der Waals surface area (Å²) < 4.78 is 308. The van der Waals surface area contributed by atoms with Gasteiger partial charge in [-0.1, -0.05) is 24.3 Å². The molecule has 6 aromatic rings. The van der Waals surface area contributed by atoms with Crippen molar-refractivity contribution in [2.75, 3.05) is 53.9 Å². The molecular weight excluding hydrogens is 1160 g/mol. The van der Waals surface area contributed by atoms with Crippen LogP contribution in [0, 0.1) is 58.2 Å². The Hall–Kier alpha value is -7.18. The van der Waals surface area contributed by atoms with Crippen LogP contribution in [-0.2, 0) is 42.1 Å². The van der Waals surface area contributed by atoms with Crippen LogP contribution in [0.2, 0.25) is 0 Å². The lowest BCUT2D eigenvalue weighted by Crippen LogP contribution is -2.19. The number of ether oxygens (including phenoxy) is 6. The molecule has 2 aliphatic rings. The molecule has 0 N–H and O–H groups in total. The van der Waals surface area contributed by atoms with Crippen molar-refractivity contribution in [2.24, 2.45) is 0 Å². The Morgan fingerprint density at radius 3 is 1.06 bits per heavy atom. The third-order valence-electron chi connectivity index (χ3n) is 11.9. The average molecular weight is 1200 g/mol. The Kier molecular flexibility index (Phi) is 18.0. The molecule has 12 nitrogen and oxygen atoms in total. The van der Waals surface area contributed by atoms with E-state index in [1.807, 2.05) is 0 Å². The third kappa shape index (κ3) is 12.7. The van der Waals surface area contributed by atoms with Crippen molar-refractivity contribution < 1.29 is 124 Å².